The van der Waals surface area contributed by atoms with Gasteiger partial charge in [-0.1, -0.05) is 31.2 Å². The van der Waals surface area contributed by atoms with Gasteiger partial charge in [0, 0.05) is 26.4 Å². The molecule has 0 bridgehead atoms. The average Bonchev–Trinajstić information content (AvgIpc) is 2.52. The van der Waals surface area contributed by atoms with E-state index in [1.807, 2.05) is 0 Å². The Morgan fingerprint density at radius 2 is 1.95 bits per heavy atom. The van der Waals surface area contributed by atoms with Gasteiger partial charge in [0.15, 0.2) is 0 Å². The third kappa shape index (κ3) is 4.30. The van der Waals surface area contributed by atoms with E-state index in [2.05, 4.69) is 36.5 Å². The molecule has 0 spiro atoms. The molecule has 1 atom stereocenters. The van der Waals surface area contributed by atoms with Crippen LogP contribution in [0.5, 0.6) is 0 Å². The first-order valence-corrected chi connectivity index (χ1v) is 7.74. The molecule has 1 unspecified atom stereocenters. The molecule has 1 fully saturated rings. The third-order valence-corrected chi connectivity index (χ3v) is 4.10. The molecule has 3 heteroatoms. The summed E-state index contributed by atoms with van der Waals surface area (Å²) in [6, 6.07) is 9.47. The molecule has 1 N–H and O–H groups in total. The van der Waals surface area contributed by atoms with E-state index in [0.29, 0.717) is 12.0 Å². The maximum atomic E-state index is 5.49. The first-order valence-electron chi connectivity index (χ1n) is 7.74. The molecule has 20 heavy (non-hydrogen) atoms. The fourth-order valence-corrected chi connectivity index (χ4v) is 2.94. The molecule has 1 aromatic carbocycles. The van der Waals surface area contributed by atoms with E-state index in [4.69, 9.17) is 9.47 Å². The topological polar surface area (TPSA) is 30.5 Å². The maximum absolute atomic E-state index is 5.49. The van der Waals surface area contributed by atoms with Gasteiger partial charge in [0.25, 0.3) is 0 Å². The summed E-state index contributed by atoms with van der Waals surface area (Å²) >= 11 is 0. The third-order valence-electron chi connectivity index (χ3n) is 4.10. The Kier molecular flexibility index (Phi) is 6.51. The number of nitrogens with one attached hydrogen (secondary N) is 1. The Morgan fingerprint density at radius 1 is 1.25 bits per heavy atom. The fraction of sp³-hybridized carbons (Fsp3) is 0.647. The van der Waals surface area contributed by atoms with Crippen LogP contribution in [-0.4, -0.2) is 33.5 Å². The van der Waals surface area contributed by atoms with Gasteiger partial charge in [0.05, 0.1) is 6.61 Å². The van der Waals surface area contributed by atoms with Crippen molar-refractivity contribution >= 4 is 0 Å². The minimum atomic E-state index is 0.459. The van der Waals surface area contributed by atoms with Crippen LogP contribution in [-0.2, 0) is 15.9 Å². The Bertz CT molecular complexity index is 371. The van der Waals surface area contributed by atoms with E-state index in [1.165, 1.54) is 11.1 Å². The number of ether oxygens (including phenoxy) is 2. The summed E-state index contributed by atoms with van der Waals surface area (Å²) in [6.07, 6.45) is 3.30. The van der Waals surface area contributed by atoms with Gasteiger partial charge in [-0.25, -0.2) is 0 Å². The van der Waals surface area contributed by atoms with E-state index in [0.717, 1.165) is 45.6 Å². The fourth-order valence-electron chi connectivity index (χ4n) is 2.94. The van der Waals surface area contributed by atoms with Gasteiger partial charge in [-0.15, -0.1) is 0 Å². The molecule has 1 heterocycles. The van der Waals surface area contributed by atoms with Gasteiger partial charge in [0.2, 0.25) is 0 Å². The summed E-state index contributed by atoms with van der Waals surface area (Å²) in [6.45, 7) is 5.78. The van der Waals surface area contributed by atoms with Gasteiger partial charge < -0.3 is 14.8 Å². The van der Waals surface area contributed by atoms with Crippen LogP contribution in [0.2, 0.25) is 0 Å². The van der Waals surface area contributed by atoms with E-state index >= 15 is 0 Å². The van der Waals surface area contributed by atoms with E-state index in [-0.39, 0.29) is 0 Å². The summed E-state index contributed by atoms with van der Waals surface area (Å²) in [7, 11) is 1.75. The molecule has 0 radical (unpaired) electrons. The van der Waals surface area contributed by atoms with E-state index in [9.17, 15) is 0 Å². The van der Waals surface area contributed by atoms with Gasteiger partial charge >= 0.3 is 0 Å². The highest BCUT2D eigenvalue weighted by molar-refractivity contribution is 5.26. The molecule has 0 aliphatic carbocycles. The quantitative estimate of drug-likeness (QED) is 0.831. The molecule has 3 nitrogen and oxygen atoms in total. The van der Waals surface area contributed by atoms with E-state index < -0.39 is 0 Å². The van der Waals surface area contributed by atoms with Gasteiger partial charge in [-0.3, -0.25) is 0 Å². The summed E-state index contributed by atoms with van der Waals surface area (Å²) in [4.78, 5) is 0. The molecule has 0 aromatic heterocycles. The zero-order valence-electron chi connectivity index (χ0n) is 12.7. The van der Waals surface area contributed by atoms with E-state index in [1.54, 1.807) is 7.11 Å². The molecule has 0 saturated carbocycles. The smallest absolute Gasteiger partial charge is 0.0502 e. The highest BCUT2D eigenvalue weighted by atomic mass is 16.5. The minimum Gasteiger partial charge on any atom is -0.384 e. The van der Waals surface area contributed by atoms with Crippen LogP contribution >= 0.6 is 0 Å². The van der Waals surface area contributed by atoms with Crippen LogP contribution in [0, 0.1) is 5.92 Å². The predicted octanol–water partition coefficient (Wildman–Crippen LogP) is 2.95. The van der Waals surface area contributed by atoms with Crippen molar-refractivity contribution in [2.75, 3.05) is 33.5 Å². The lowest BCUT2D eigenvalue weighted by molar-refractivity contribution is 0.0538. The maximum Gasteiger partial charge on any atom is 0.0502 e. The second kappa shape index (κ2) is 8.40. The standard InChI is InChI=1S/C17H27NO2/c1-3-18-17(16-9-12-20-13-10-16)15-6-4-14(5-7-15)8-11-19-2/h4-7,16-18H,3,8-13H2,1-2H3. The van der Waals surface area contributed by atoms with Crippen LogP contribution < -0.4 is 5.32 Å². The largest absolute Gasteiger partial charge is 0.384 e. The van der Waals surface area contributed by atoms with Gasteiger partial charge in [0.1, 0.15) is 0 Å². The van der Waals surface area contributed by atoms with Crippen LogP contribution in [0.3, 0.4) is 0 Å². The van der Waals surface area contributed by atoms with Gasteiger partial charge in [-0.05, 0) is 42.9 Å². The summed E-state index contributed by atoms with van der Waals surface area (Å²) in [5.41, 5.74) is 2.75. The second-order valence-corrected chi connectivity index (χ2v) is 5.47. The van der Waals surface area contributed by atoms with Crippen molar-refractivity contribution in [3.63, 3.8) is 0 Å². The molecular formula is C17H27NO2. The molecule has 1 aliphatic heterocycles. The monoisotopic (exact) mass is 277 g/mol. The Morgan fingerprint density at radius 3 is 2.55 bits per heavy atom. The molecule has 1 aliphatic rings. The molecule has 1 saturated heterocycles. The summed E-state index contributed by atoms with van der Waals surface area (Å²) in [5.74, 6) is 0.688. The van der Waals surface area contributed by atoms with Crippen molar-refractivity contribution in [1.29, 1.82) is 0 Å². The predicted molar refractivity (Wildman–Crippen MR) is 82.0 cm³/mol. The Labute approximate surface area is 122 Å². The SMILES string of the molecule is CCNC(c1ccc(CCOC)cc1)C1CCOCC1. The number of hydrogen-bond donors (Lipinski definition) is 1. The molecule has 1 aromatic rings. The number of rotatable bonds is 7. The highest BCUT2D eigenvalue weighted by Crippen LogP contribution is 2.30. The van der Waals surface area contributed by atoms with Crippen molar-refractivity contribution in [2.24, 2.45) is 5.92 Å². The van der Waals surface area contributed by atoms with Crippen LogP contribution in [0.15, 0.2) is 24.3 Å². The molecule has 0 amide bonds. The normalized spacial score (nSPS) is 18.1. The summed E-state index contributed by atoms with van der Waals surface area (Å²) < 4.78 is 10.6. The Balaban J connectivity index is 2.04. The second-order valence-electron chi connectivity index (χ2n) is 5.47. The zero-order chi connectivity index (χ0) is 14.2. The molecule has 112 valence electrons. The molecule has 2 rings (SSSR count). The van der Waals surface area contributed by atoms with Crippen molar-refractivity contribution in [3.8, 4) is 0 Å². The average molecular weight is 277 g/mol. The van der Waals surface area contributed by atoms with Crippen LogP contribution in [0.25, 0.3) is 0 Å². The lowest BCUT2D eigenvalue weighted by Gasteiger charge is -2.31. The number of methoxy groups -OCH3 is 1. The van der Waals surface area contributed by atoms with Crippen molar-refractivity contribution in [2.45, 2.75) is 32.2 Å². The van der Waals surface area contributed by atoms with Crippen molar-refractivity contribution < 1.29 is 9.47 Å². The Hall–Kier alpha value is -0.900. The minimum absolute atomic E-state index is 0.459. The number of hydrogen-bond acceptors (Lipinski definition) is 3. The van der Waals surface area contributed by atoms with Gasteiger partial charge in [-0.2, -0.15) is 0 Å². The van der Waals surface area contributed by atoms with Crippen LogP contribution in [0.1, 0.15) is 36.9 Å². The van der Waals surface area contributed by atoms with Crippen molar-refractivity contribution in [3.05, 3.63) is 35.4 Å². The first kappa shape index (κ1) is 15.5. The lowest BCUT2D eigenvalue weighted by atomic mass is 9.86. The highest BCUT2D eigenvalue weighted by Gasteiger charge is 2.24. The first-order chi connectivity index (χ1) is 9.85. The number of benzene rings is 1. The molecular weight excluding hydrogens is 250 g/mol. The zero-order valence-corrected chi connectivity index (χ0v) is 12.7. The van der Waals surface area contributed by atoms with Crippen LogP contribution in [0.4, 0.5) is 0 Å². The summed E-state index contributed by atoms with van der Waals surface area (Å²) in [5, 5.41) is 3.65. The van der Waals surface area contributed by atoms with Crippen molar-refractivity contribution in [1.82, 2.24) is 5.32 Å². The lowest BCUT2D eigenvalue weighted by Crippen LogP contribution is -2.32.